The summed E-state index contributed by atoms with van der Waals surface area (Å²) in [5, 5.41) is 8.93. The van der Waals surface area contributed by atoms with E-state index in [4.69, 9.17) is 5.10 Å². The molecule has 6 heteroatoms. The Labute approximate surface area is 164 Å². The third-order valence-corrected chi connectivity index (χ3v) is 5.93. The monoisotopic (exact) mass is 375 g/mol. The van der Waals surface area contributed by atoms with Crippen molar-refractivity contribution in [3.8, 4) is 0 Å². The van der Waals surface area contributed by atoms with Crippen molar-refractivity contribution in [2.24, 2.45) is 5.92 Å². The highest BCUT2D eigenvalue weighted by molar-refractivity contribution is 5.92. The van der Waals surface area contributed by atoms with Gasteiger partial charge in [-0.3, -0.25) is 14.5 Å². The Kier molecular flexibility index (Phi) is 4.26. The summed E-state index contributed by atoms with van der Waals surface area (Å²) in [7, 11) is 0. The minimum Gasteiger partial charge on any atom is -0.363 e. The molecule has 1 saturated carbocycles. The van der Waals surface area contributed by atoms with Crippen LogP contribution in [0.15, 0.2) is 36.4 Å². The quantitative estimate of drug-likeness (QED) is 0.761. The number of carbonyl (C=O) groups is 1. The highest BCUT2D eigenvalue weighted by Crippen LogP contribution is 2.30. The smallest absolute Gasteiger partial charge is 0.223 e. The van der Waals surface area contributed by atoms with Crippen LogP contribution in [0.2, 0.25) is 0 Å². The van der Waals surface area contributed by atoms with Crippen molar-refractivity contribution in [3.63, 3.8) is 0 Å². The number of aryl methyl sites for hydroxylation is 1. The summed E-state index contributed by atoms with van der Waals surface area (Å²) in [5.74, 6) is 0.397. The van der Waals surface area contributed by atoms with Gasteiger partial charge in [-0.1, -0.05) is 24.6 Å². The topological polar surface area (TPSA) is 63.1 Å². The zero-order valence-corrected chi connectivity index (χ0v) is 16.2. The molecule has 3 heterocycles. The van der Waals surface area contributed by atoms with E-state index in [2.05, 4.69) is 50.2 Å². The van der Waals surface area contributed by atoms with E-state index >= 15 is 0 Å². The van der Waals surface area contributed by atoms with Gasteiger partial charge in [0.05, 0.1) is 36.5 Å². The maximum Gasteiger partial charge on any atom is 0.223 e. The first-order chi connectivity index (χ1) is 13.7. The second-order valence-electron chi connectivity index (χ2n) is 7.92. The minimum absolute atomic E-state index is 0.178. The van der Waals surface area contributed by atoms with E-state index in [0.29, 0.717) is 6.54 Å². The molecule has 1 aliphatic heterocycles. The van der Waals surface area contributed by atoms with Crippen molar-refractivity contribution in [1.29, 1.82) is 0 Å². The lowest BCUT2D eigenvalue weighted by molar-refractivity contribution is -0.127. The fourth-order valence-electron chi connectivity index (χ4n) is 4.16. The number of nitrogens with zero attached hydrogens (tertiary/aromatic N) is 4. The Balaban J connectivity index is 1.34. The van der Waals surface area contributed by atoms with Gasteiger partial charge in [0.2, 0.25) is 5.91 Å². The summed E-state index contributed by atoms with van der Waals surface area (Å²) in [6.45, 7) is 5.15. The molecule has 1 aliphatic carbocycles. The van der Waals surface area contributed by atoms with Gasteiger partial charge in [-0.2, -0.15) is 5.10 Å². The van der Waals surface area contributed by atoms with E-state index in [-0.39, 0.29) is 11.8 Å². The van der Waals surface area contributed by atoms with Crippen molar-refractivity contribution in [3.05, 3.63) is 53.5 Å². The number of pyridine rings is 1. The first kappa shape index (κ1) is 17.2. The molecule has 1 aromatic carbocycles. The largest absolute Gasteiger partial charge is 0.363 e. The van der Waals surface area contributed by atoms with Crippen molar-refractivity contribution in [2.45, 2.75) is 45.8 Å². The Bertz CT molecular complexity index is 1040. The maximum atomic E-state index is 12.1. The molecule has 0 saturated heterocycles. The Hall–Kier alpha value is -2.89. The van der Waals surface area contributed by atoms with Gasteiger partial charge in [-0.25, -0.2) is 0 Å². The number of hydrogen-bond acceptors (Lipinski definition) is 4. The van der Waals surface area contributed by atoms with Crippen LogP contribution in [-0.4, -0.2) is 27.2 Å². The number of carbonyl (C=O) groups excluding carboxylic acids is 1. The lowest BCUT2D eigenvalue weighted by Crippen LogP contribution is -2.34. The molecule has 5 rings (SSSR count). The van der Waals surface area contributed by atoms with Crippen LogP contribution in [0.1, 0.15) is 36.3 Å². The summed E-state index contributed by atoms with van der Waals surface area (Å²) in [6.07, 6.45) is 3.23. The molecule has 3 aromatic rings. The summed E-state index contributed by atoms with van der Waals surface area (Å²) in [6, 6.07) is 12.6. The third kappa shape index (κ3) is 3.13. The number of aromatic nitrogens is 3. The van der Waals surface area contributed by atoms with Crippen LogP contribution in [0.4, 0.5) is 5.69 Å². The molecule has 0 bridgehead atoms. The molecule has 0 atom stereocenters. The number of nitrogens with one attached hydrogen (secondary N) is 1. The number of anilines is 1. The number of rotatable bonds is 4. The molecule has 2 aromatic heterocycles. The first-order valence-corrected chi connectivity index (χ1v) is 10.1. The molecular weight excluding hydrogens is 350 g/mol. The fraction of sp³-hybridized carbons (Fsp3) is 0.409. The van der Waals surface area contributed by atoms with Crippen LogP contribution >= 0.6 is 0 Å². The predicted octanol–water partition coefficient (Wildman–Crippen LogP) is 3.18. The van der Waals surface area contributed by atoms with Crippen LogP contribution in [0.3, 0.4) is 0 Å². The highest BCUT2D eigenvalue weighted by Gasteiger charge is 2.25. The molecule has 1 N–H and O–H groups in total. The lowest BCUT2D eigenvalue weighted by Gasteiger charge is -2.30. The lowest BCUT2D eigenvalue weighted by atomic mass is 9.85. The number of amides is 1. The SMILES string of the molecule is Cc1cc(N2CCn3nc(CNC(=O)C4CCC4)cc3C2)c2ccccc2n1. The van der Waals surface area contributed by atoms with Gasteiger partial charge in [0, 0.05) is 29.2 Å². The molecule has 0 spiro atoms. The van der Waals surface area contributed by atoms with E-state index in [1.165, 1.54) is 23.2 Å². The van der Waals surface area contributed by atoms with E-state index in [0.717, 1.165) is 49.4 Å². The molecule has 2 aliphatic rings. The van der Waals surface area contributed by atoms with E-state index in [9.17, 15) is 4.79 Å². The van der Waals surface area contributed by atoms with E-state index in [1.54, 1.807) is 0 Å². The van der Waals surface area contributed by atoms with Gasteiger partial charge in [0.15, 0.2) is 0 Å². The Morgan fingerprint density at radius 3 is 2.89 bits per heavy atom. The molecule has 144 valence electrons. The summed E-state index contributed by atoms with van der Waals surface area (Å²) in [4.78, 5) is 19.1. The van der Waals surface area contributed by atoms with Crippen LogP contribution in [0.25, 0.3) is 10.9 Å². The fourth-order valence-corrected chi connectivity index (χ4v) is 4.16. The molecule has 0 unspecified atom stereocenters. The van der Waals surface area contributed by atoms with Gasteiger partial charge < -0.3 is 10.2 Å². The molecule has 1 fully saturated rings. The second-order valence-corrected chi connectivity index (χ2v) is 7.92. The Morgan fingerprint density at radius 1 is 1.21 bits per heavy atom. The minimum atomic E-state index is 0.178. The molecule has 1 amide bonds. The van der Waals surface area contributed by atoms with Gasteiger partial charge in [-0.15, -0.1) is 0 Å². The first-order valence-electron chi connectivity index (χ1n) is 10.1. The number of benzene rings is 1. The molecule has 6 nitrogen and oxygen atoms in total. The summed E-state index contributed by atoms with van der Waals surface area (Å²) < 4.78 is 2.08. The predicted molar refractivity (Wildman–Crippen MR) is 109 cm³/mol. The van der Waals surface area contributed by atoms with Crippen LogP contribution in [0.5, 0.6) is 0 Å². The van der Waals surface area contributed by atoms with Gasteiger partial charge in [0.1, 0.15) is 0 Å². The molecule has 28 heavy (non-hydrogen) atoms. The number of fused-ring (bicyclic) bond motifs is 2. The number of hydrogen-bond donors (Lipinski definition) is 1. The van der Waals surface area contributed by atoms with Gasteiger partial charge in [-0.05, 0) is 38.0 Å². The van der Waals surface area contributed by atoms with Crippen LogP contribution < -0.4 is 10.2 Å². The van der Waals surface area contributed by atoms with Crippen LogP contribution in [-0.2, 0) is 24.4 Å². The van der Waals surface area contributed by atoms with Crippen molar-refractivity contribution < 1.29 is 4.79 Å². The average molecular weight is 375 g/mol. The van der Waals surface area contributed by atoms with E-state index < -0.39 is 0 Å². The average Bonchev–Trinajstić information content (AvgIpc) is 3.06. The molecular formula is C22H25N5O. The zero-order chi connectivity index (χ0) is 19.1. The zero-order valence-electron chi connectivity index (χ0n) is 16.2. The molecule has 0 radical (unpaired) electrons. The summed E-state index contributed by atoms with van der Waals surface area (Å²) >= 11 is 0. The van der Waals surface area contributed by atoms with Crippen molar-refractivity contribution in [2.75, 3.05) is 11.4 Å². The Morgan fingerprint density at radius 2 is 2.07 bits per heavy atom. The number of para-hydroxylation sites is 1. The third-order valence-electron chi connectivity index (χ3n) is 5.93. The van der Waals surface area contributed by atoms with Gasteiger partial charge >= 0.3 is 0 Å². The van der Waals surface area contributed by atoms with Gasteiger partial charge in [0.25, 0.3) is 0 Å². The van der Waals surface area contributed by atoms with E-state index in [1.807, 2.05) is 13.0 Å². The summed E-state index contributed by atoms with van der Waals surface area (Å²) in [5.41, 5.74) is 5.44. The van der Waals surface area contributed by atoms with Crippen LogP contribution in [0, 0.1) is 12.8 Å². The second kappa shape index (κ2) is 6.93. The standard InChI is InChI=1S/C22H25N5O/c1-15-11-21(19-7-2-3-8-20(19)24-15)26-9-10-27-18(14-26)12-17(25-27)13-23-22(28)16-5-4-6-16/h2-3,7-8,11-12,16H,4-6,9-10,13-14H2,1H3,(H,23,28). The highest BCUT2D eigenvalue weighted by atomic mass is 16.1. The van der Waals surface area contributed by atoms with Crippen molar-refractivity contribution in [1.82, 2.24) is 20.1 Å². The normalized spacial score (nSPS) is 16.7. The maximum absolute atomic E-state index is 12.1. The van der Waals surface area contributed by atoms with Crippen molar-refractivity contribution >= 4 is 22.5 Å².